The fourth-order valence-electron chi connectivity index (χ4n) is 8.71. The van der Waals surface area contributed by atoms with Crippen molar-refractivity contribution in [1.29, 1.82) is 5.41 Å². The lowest BCUT2D eigenvalue weighted by molar-refractivity contribution is -0.145. The van der Waals surface area contributed by atoms with Gasteiger partial charge in [0.25, 0.3) is 0 Å². The van der Waals surface area contributed by atoms with E-state index in [-0.39, 0.29) is 101 Å². The Balaban J connectivity index is 2.21. The van der Waals surface area contributed by atoms with Crippen molar-refractivity contribution in [3.63, 3.8) is 0 Å². The number of nitrogens with one attached hydrogen (secondary N) is 10. The minimum atomic E-state index is -1.79. The number of unbranched alkanes of at least 4 members (excludes halogenated alkanes) is 1. The molecule has 448 valence electrons. The Bertz CT molecular complexity index is 2580. The normalized spacial score (nSPS) is 21.5. The zero-order chi connectivity index (χ0) is 60.9. The molecule has 82 heavy (non-hydrogen) atoms. The summed E-state index contributed by atoms with van der Waals surface area (Å²) in [6.45, 7) is 5.37. The molecular weight excluding hydrogens is 1060 g/mol. The van der Waals surface area contributed by atoms with Crippen LogP contribution in [0.5, 0.6) is 5.75 Å². The van der Waals surface area contributed by atoms with E-state index in [4.69, 9.17) is 17.6 Å². The fourth-order valence-corrected chi connectivity index (χ4v) is 8.71. The molecule has 26 nitrogen and oxygen atoms in total. The summed E-state index contributed by atoms with van der Waals surface area (Å²) in [6, 6.07) is 4.27. The zero-order valence-electron chi connectivity index (χ0n) is 47.3. The fraction of sp³-hybridized carbons (Fsp3) is 0.536. The van der Waals surface area contributed by atoms with Crippen LogP contribution in [0.3, 0.4) is 0 Å². The van der Waals surface area contributed by atoms with Crippen LogP contribution in [0.25, 0.3) is 0 Å². The SMILES string of the molecule is C#CCCC(=O)NCCCC[C@H]1C(=O)N[C@@H](Cc2ccccc2)C(=O)N[C@@H](CCCNC(=N)N)C(=O)NCC(=O)N[C@@H](CC(=O)O)C(=O)N[C@@H](CC(C)C)C(=O)N[C@@H](C)C(=O)N[C@@H](Cc2ccc(O)cc2)C(=O)N(CCC)CC(=O)N1C. The van der Waals surface area contributed by atoms with Crippen LogP contribution in [0, 0.1) is 23.7 Å². The van der Waals surface area contributed by atoms with Crippen molar-refractivity contribution in [2.24, 2.45) is 11.7 Å². The number of carboxylic acids is 1. The van der Waals surface area contributed by atoms with Gasteiger partial charge in [0.15, 0.2) is 5.96 Å². The van der Waals surface area contributed by atoms with Crippen LogP contribution in [-0.2, 0) is 65.6 Å². The van der Waals surface area contributed by atoms with E-state index in [2.05, 4.69) is 53.8 Å². The second kappa shape index (κ2) is 35.1. The average molecular weight is 1140 g/mol. The Morgan fingerprint density at radius 3 is 1.98 bits per heavy atom. The summed E-state index contributed by atoms with van der Waals surface area (Å²) >= 11 is 0. The first-order chi connectivity index (χ1) is 38.9. The van der Waals surface area contributed by atoms with Crippen LogP contribution in [0.15, 0.2) is 54.6 Å². The molecule has 26 heteroatoms. The number of nitrogens with two attached hydrogens (primary N) is 1. The molecule has 0 unspecified atom stereocenters. The highest BCUT2D eigenvalue weighted by Crippen LogP contribution is 2.16. The second-order valence-corrected chi connectivity index (χ2v) is 20.4. The average Bonchev–Trinajstić information content (AvgIpc) is 3.43. The Morgan fingerprint density at radius 2 is 1.34 bits per heavy atom. The highest BCUT2D eigenvalue weighted by atomic mass is 16.4. The van der Waals surface area contributed by atoms with E-state index in [9.17, 15) is 63.0 Å². The van der Waals surface area contributed by atoms with Crippen molar-refractivity contribution in [3.05, 3.63) is 65.7 Å². The van der Waals surface area contributed by atoms with Crippen LogP contribution < -0.4 is 53.6 Å². The summed E-state index contributed by atoms with van der Waals surface area (Å²) in [5, 5.41) is 50.6. The lowest BCUT2D eigenvalue weighted by Gasteiger charge is -2.33. The molecular formula is C56H81N13O13. The van der Waals surface area contributed by atoms with Crippen molar-refractivity contribution < 1.29 is 63.0 Å². The Hall–Kier alpha value is -8.76. The predicted octanol–water partition coefficient (Wildman–Crippen LogP) is -1.21. The van der Waals surface area contributed by atoms with Crippen LogP contribution >= 0.6 is 0 Å². The van der Waals surface area contributed by atoms with Gasteiger partial charge in [-0.1, -0.05) is 63.2 Å². The van der Waals surface area contributed by atoms with Gasteiger partial charge in [-0.3, -0.25) is 58.1 Å². The van der Waals surface area contributed by atoms with E-state index >= 15 is 0 Å². The lowest BCUT2D eigenvalue weighted by atomic mass is 10.0. The summed E-state index contributed by atoms with van der Waals surface area (Å²) < 4.78 is 0. The molecule has 0 aliphatic carbocycles. The molecule has 1 aliphatic rings. The largest absolute Gasteiger partial charge is 0.508 e. The van der Waals surface area contributed by atoms with E-state index in [1.165, 1.54) is 43.1 Å². The minimum absolute atomic E-state index is 0.0122. The monoisotopic (exact) mass is 1140 g/mol. The molecule has 1 aliphatic heterocycles. The van der Waals surface area contributed by atoms with Crippen LogP contribution in [0.4, 0.5) is 0 Å². The molecule has 1 fully saturated rings. The molecule has 1 heterocycles. The van der Waals surface area contributed by atoms with Gasteiger partial charge in [0, 0.05) is 52.4 Å². The number of nitrogens with zero attached hydrogens (tertiary/aromatic N) is 2. The van der Waals surface area contributed by atoms with E-state index < -0.39 is 121 Å². The van der Waals surface area contributed by atoms with Gasteiger partial charge < -0.3 is 73.6 Å². The number of hydrogen-bond acceptors (Lipinski definition) is 13. The molecule has 7 atom stereocenters. The second-order valence-electron chi connectivity index (χ2n) is 20.4. The third-order valence-corrected chi connectivity index (χ3v) is 13.1. The van der Waals surface area contributed by atoms with Gasteiger partial charge in [0.1, 0.15) is 48.0 Å². The first kappa shape index (κ1) is 67.5. The molecule has 0 saturated carbocycles. The van der Waals surface area contributed by atoms with Gasteiger partial charge in [-0.25, -0.2) is 0 Å². The third-order valence-electron chi connectivity index (χ3n) is 13.1. The minimum Gasteiger partial charge on any atom is -0.508 e. The van der Waals surface area contributed by atoms with Crippen molar-refractivity contribution in [1.82, 2.24) is 57.7 Å². The van der Waals surface area contributed by atoms with Crippen LogP contribution in [0.1, 0.15) is 103 Å². The van der Waals surface area contributed by atoms with E-state index in [1.807, 2.05) is 0 Å². The van der Waals surface area contributed by atoms with Gasteiger partial charge in [-0.05, 0) is 81.0 Å². The number of carboxylic acid groups (broad SMARTS) is 1. The molecule has 0 aromatic heterocycles. The molecule has 2 aromatic carbocycles. The maximum absolute atomic E-state index is 14.8. The van der Waals surface area contributed by atoms with E-state index in [0.29, 0.717) is 24.0 Å². The summed E-state index contributed by atoms with van der Waals surface area (Å²) in [5.74, 6) is -7.98. The number of amides is 10. The first-order valence-corrected chi connectivity index (χ1v) is 27.4. The number of rotatable bonds is 21. The van der Waals surface area contributed by atoms with Gasteiger partial charge >= 0.3 is 5.97 Å². The highest BCUT2D eigenvalue weighted by molar-refractivity contribution is 5.99. The van der Waals surface area contributed by atoms with Crippen molar-refractivity contribution in [2.45, 2.75) is 147 Å². The molecule has 1 saturated heterocycles. The van der Waals surface area contributed by atoms with Gasteiger partial charge in [-0.15, -0.1) is 12.3 Å². The summed E-state index contributed by atoms with van der Waals surface area (Å²) in [5.41, 5.74) is 6.53. The number of benzene rings is 2. The summed E-state index contributed by atoms with van der Waals surface area (Å²) in [7, 11) is 1.36. The predicted molar refractivity (Wildman–Crippen MR) is 301 cm³/mol. The standard InChI is InChI=1S/C56H81N13O13/c1-7-9-20-45(71)59-25-14-13-19-44-54(81)66-41(29-36-16-11-10-12-17-36)52(79)64-39(18-15-26-60-56(57)58)50(77)61-32-46(72)63-42(31-48(74)75)53(80)65-40(28-34(3)4)51(78)62-35(5)49(76)67-43(30-37-21-23-38(70)24-22-37)55(82)69(27-8-2)33-47(73)68(44)6/h1,10-12,16-17,21-24,34-35,39-44,70H,8-9,13-15,18-20,25-33H2,2-6H3,(H,59,71)(H,61,77)(H,62,78)(H,63,72)(H,64,79)(H,65,80)(H,66,81)(H,67,76)(H,74,75)(H4,57,58,60)/t35-,39-,40-,41-,42-,43-,44-/m0/s1. The molecule has 0 bridgehead atoms. The number of aliphatic carboxylic acids is 1. The van der Waals surface area contributed by atoms with Crippen LogP contribution in [0.2, 0.25) is 0 Å². The number of phenols is 1. The number of hydrogen-bond donors (Lipinski definition) is 13. The number of phenolic OH excluding ortho intramolecular Hbond substituents is 1. The number of terminal acetylenes is 1. The van der Waals surface area contributed by atoms with Gasteiger partial charge in [0.2, 0.25) is 59.1 Å². The zero-order valence-corrected chi connectivity index (χ0v) is 47.3. The van der Waals surface area contributed by atoms with E-state index in [1.54, 1.807) is 51.1 Å². The maximum atomic E-state index is 14.8. The smallest absolute Gasteiger partial charge is 0.305 e. The molecule has 0 radical (unpaired) electrons. The number of likely N-dealkylation sites (N-methyl/N-ethyl adjacent to an activating group) is 1. The number of carbonyl (C=O) groups excluding carboxylic acids is 10. The Morgan fingerprint density at radius 1 is 0.744 bits per heavy atom. The Kier molecular flexibility index (Phi) is 28.9. The molecule has 10 amide bonds. The van der Waals surface area contributed by atoms with Crippen molar-refractivity contribution in [3.8, 4) is 18.1 Å². The topological polar surface area (TPSA) is 393 Å². The third kappa shape index (κ3) is 24.3. The molecule has 2 aromatic rings. The Labute approximate surface area is 477 Å². The molecule has 0 spiro atoms. The number of carbonyl (C=O) groups is 11. The molecule has 14 N–H and O–H groups in total. The first-order valence-electron chi connectivity index (χ1n) is 27.4. The quantitative estimate of drug-likeness (QED) is 0.0302. The van der Waals surface area contributed by atoms with Gasteiger partial charge in [-0.2, -0.15) is 0 Å². The summed E-state index contributed by atoms with van der Waals surface area (Å²) in [4.78, 5) is 155. The molecule has 3 rings (SSSR count). The van der Waals surface area contributed by atoms with Crippen molar-refractivity contribution in [2.75, 3.05) is 39.8 Å². The highest BCUT2D eigenvalue weighted by Gasteiger charge is 2.36. The number of guanidine groups is 1. The maximum Gasteiger partial charge on any atom is 0.305 e. The van der Waals surface area contributed by atoms with E-state index in [0.717, 1.165) is 4.90 Å². The van der Waals surface area contributed by atoms with Crippen LogP contribution in [-0.4, -0.2) is 173 Å². The summed E-state index contributed by atoms with van der Waals surface area (Å²) in [6.07, 6.45) is 5.30. The lowest BCUT2D eigenvalue weighted by Crippen LogP contribution is -2.59. The van der Waals surface area contributed by atoms with Crippen molar-refractivity contribution >= 4 is 71.0 Å². The number of aromatic hydroxyl groups is 1. The van der Waals surface area contributed by atoms with Gasteiger partial charge in [0.05, 0.1) is 19.5 Å².